The molecule has 0 aliphatic carbocycles. The summed E-state index contributed by atoms with van der Waals surface area (Å²) in [7, 11) is 3.93. The fraction of sp³-hybridized carbons (Fsp3) is 0.364. The maximum Gasteiger partial charge on any atom is 0.337 e. The molecule has 1 rings (SSSR count). The molecule has 0 aliphatic heterocycles. The quantitative estimate of drug-likeness (QED) is 0.344. The number of benzene rings is 1. The molecule has 0 saturated carbocycles. The summed E-state index contributed by atoms with van der Waals surface area (Å²) in [6.07, 6.45) is -0.921. The van der Waals surface area contributed by atoms with Gasteiger partial charge in [0.25, 0.3) is 5.69 Å². The molecule has 0 heterocycles. The van der Waals surface area contributed by atoms with E-state index in [1.165, 1.54) is 39.5 Å². The lowest BCUT2D eigenvalue weighted by Gasteiger charge is -2.14. The van der Waals surface area contributed by atoms with Crippen molar-refractivity contribution in [3.63, 3.8) is 0 Å². The van der Waals surface area contributed by atoms with Gasteiger partial charge in [-0.1, -0.05) is 0 Å². The number of nitro benzene ring substituents is 1. The third-order valence-corrected chi connectivity index (χ3v) is 2.33. The molecule has 0 spiro atoms. The Bertz CT molecular complexity index is 455. The predicted molar refractivity (Wildman–Crippen MR) is 61.2 cm³/mol. The molecule has 0 N–H and O–H groups in total. The molecule has 1 aromatic rings. The second kappa shape index (κ2) is 6.08. The Kier molecular flexibility index (Phi) is 4.75. The molecule has 1 aromatic carbocycles. The van der Waals surface area contributed by atoms with Gasteiger partial charge >= 0.3 is 5.97 Å². The van der Waals surface area contributed by atoms with Crippen LogP contribution in [0.25, 0.3) is 0 Å². The highest BCUT2D eigenvalue weighted by Gasteiger charge is 2.23. The monoisotopic (exact) mass is 255 g/mol. The highest BCUT2D eigenvalue weighted by Crippen LogP contribution is 2.28. The van der Waals surface area contributed by atoms with Crippen molar-refractivity contribution >= 4 is 11.7 Å². The summed E-state index contributed by atoms with van der Waals surface area (Å²) in [5, 5.41) is 10.9. The van der Waals surface area contributed by atoms with Gasteiger partial charge in [-0.05, 0) is 12.1 Å². The summed E-state index contributed by atoms with van der Waals surface area (Å²) in [6, 6.07) is 3.85. The number of methoxy groups -OCH3 is 3. The van der Waals surface area contributed by atoms with E-state index in [4.69, 9.17) is 9.47 Å². The van der Waals surface area contributed by atoms with Crippen molar-refractivity contribution in [1.82, 2.24) is 0 Å². The Hall–Kier alpha value is -1.99. The van der Waals surface area contributed by atoms with Gasteiger partial charge in [0.1, 0.15) is 0 Å². The summed E-state index contributed by atoms with van der Waals surface area (Å²) in [5.41, 5.74) is 0.168. The first kappa shape index (κ1) is 14.1. The molecular weight excluding hydrogens is 242 g/mol. The minimum Gasteiger partial charge on any atom is -0.465 e. The summed E-state index contributed by atoms with van der Waals surface area (Å²) in [5.74, 6) is -0.586. The van der Waals surface area contributed by atoms with Gasteiger partial charge in [-0.25, -0.2) is 4.79 Å². The number of carbonyl (C=O) groups excluding carboxylic acids is 1. The molecule has 0 saturated heterocycles. The van der Waals surface area contributed by atoms with Crippen molar-refractivity contribution in [2.75, 3.05) is 21.3 Å². The third kappa shape index (κ3) is 2.82. The molecule has 0 amide bonds. The van der Waals surface area contributed by atoms with Gasteiger partial charge in [-0.2, -0.15) is 0 Å². The van der Waals surface area contributed by atoms with Gasteiger partial charge in [0.2, 0.25) is 0 Å². The van der Waals surface area contributed by atoms with Crippen molar-refractivity contribution in [3.05, 3.63) is 39.4 Å². The molecule has 0 fully saturated rings. The minimum atomic E-state index is -0.921. The van der Waals surface area contributed by atoms with Crippen LogP contribution < -0.4 is 0 Å². The zero-order valence-corrected chi connectivity index (χ0v) is 10.2. The largest absolute Gasteiger partial charge is 0.465 e. The maximum absolute atomic E-state index is 11.4. The zero-order chi connectivity index (χ0) is 13.7. The van der Waals surface area contributed by atoms with E-state index in [0.717, 1.165) is 0 Å². The van der Waals surface area contributed by atoms with E-state index in [1.807, 2.05) is 0 Å². The van der Waals surface area contributed by atoms with Crippen LogP contribution in [0, 0.1) is 10.1 Å². The van der Waals surface area contributed by atoms with Gasteiger partial charge in [0, 0.05) is 20.3 Å². The smallest absolute Gasteiger partial charge is 0.337 e. The average Bonchev–Trinajstić information content (AvgIpc) is 2.38. The molecule has 0 radical (unpaired) electrons. The molecule has 0 aliphatic rings. The van der Waals surface area contributed by atoms with E-state index < -0.39 is 17.2 Å². The number of nitrogens with zero attached hydrogens (tertiary/aromatic N) is 1. The fourth-order valence-corrected chi connectivity index (χ4v) is 1.50. The Balaban J connectivity index is 3.31. The van der Waals surface area contributed by atoms with Crippen LogP contribution in [0.15, 0.2) is 18.2 Å². The number of ether oxygens (including phenoxy) is 3. The van der Waals surface area contributed by atoms with E-state index in [1.54, 1.807) is 0 Å². The maximum atomic E-state index is 11.4. The van der Waals surface area contributed by atoms with Gasteiger partial charge in [0.05, 0.1) is 23.2 Å². The number of rotatable bonds is 5. The predicted octanol–water partition coefficient (Wildman–Crippen LogP) is 1.67. The summed E-state index contributed by atoms with van der Waals surface area (Å²) < 4.78 is 14.5. The fourth-order valence-electron chi connectivity index (χ4n) is 1.50. The van der Waals surface area contributed by atoms with Crippen LogP contribution >= 0.6 is 0 Å². The lowest BCUT2D eigenvalue weighted by molar-refractivity contribution is -0.387. The molecular formula is C11H13NO6. The van der Waals surface area contributed by atoms with Crippen molar-refractivity contribution in [1.29, 1.82) is 0 Å². The second-order valence-corrected chi connectivity index (χ2v) is 3.33. The lowest BCUT2D eigenvalue weighted by atomic mass is 10.1. The highest BCUT2D eigenvalue weighted by molar-refractivity contribution is 5.90. The highest BCUT2D eigenvalue weighted by atomic mass is 16.7. The molecule has 0 bridgehead atoms. The molecule has 0 atom stereocenters. The van der Waals surface area contributed by atoms with Crippen LogP contribution in [-0.4, -0.2) is 32.2 Å². The van der Waals surface area contributed by atoms with Crippen molar-refractivity contribution in [2.45, 2.75) is 6.29 Å². The molecule has 18 heavy (non-hydrogen) atoms. The topological polar surface area (TPSA) is 87.9 Å². The van der Waals surface area contributed by atoms with Crippen LogP contribution in [0.2, 0.25) is 0 Å². The van der Waals surface area contributed by atoms with Crippen molar-refractivity contribution in [3.8, 4) is 0 Å². The van der Waals surface area contributed by atoms with E-state index in [-0.39, 0.29) is 16.8 Å². The first-order valence-electron chi connectivity index (χ1n) is 4.97. The van der Waals surface area contributed by atoms with Crippen LogP contribution in [0.4, 0.5) is 5.69 Å². The van der Waals surface area contributed by atoms with Crippen LogP contribution in [-0.2, 0) is 14.2 Å². The van der Waals surface area contributed by atoms with E-state index in [0.29, 0.717) is 0 Å². The van der Waals surface area contributed by atoms with Gasteiger partial charge in [-0.3, -0.25) is 10.1 Å². The summed E-state index contributed by atoms with van der Waals surface area (Å²) >= 11 is 0. The zero-order valence-electron chi connectivity index (χ0n) is 10.2. The Labute approximate surface area is 103 Å². The number of hydrogen-bond acceptors (Lipinski definition) is 6. The van der Waals surface area contributed by atoms with Gasteiger partial charge in [0.15, 0.2) is 6.29 Å². The normalized spacial score (nSPS) is 10.4. The standard InChI is InChI=1S/C11H13NO6/c1-16-10(13)7-4-5-9(12(14)15)8(6-7)11(17-2)18-3/h4-6,11H,1-3H3. The summed E-state index contributed by atoms with van der Waals surface area (Å²) in [6.45, 7) is 0. The Morgan fingerprint density at radius 3 is 2.33 bits per heavy atom. The molecule has 0 unspecified atom stereocenters. The SMILES string of the molecule is COC(=O)c1ccc([N+](=O)[O-])c(C(OC)OC)c1. The van der Waals surface area contributed by atoms with Crippen molar-refractivity contribution < 1.29 is 23.9 Å². The third-order valence-electron chi connectivity index (χ3n) is 2.33. The number of esters is 1. The van der Waals surface area contributed by atoms with Crippen molar-refractivity contribution in [2.24, 2.45) is 0 Å². The van der Waals surface area contributed by atoms with Crippen LogP contribution in [0.3, 0.4) is 0 Å². The summed E-state index contributed by atoms with van der Waals surface area (Å²) in [4.78, 5) is 21.7. The first-order valence-corrected chi connectivity index (χ1v) is 4.97. The molecule has 7 nitrogen and oxygen atoms in total. The van der Waals surface area contributed by atoms with E-state index >= 15 is 0 Å². The van der Waals surface area contributed by atoms with Crippen LogP contribution in [0.5, 0.6) is 0 Å². The number of nitro groups is 1. The van der Waals surface area contributed by atoms with E-state index in [2.05, 4.69) is 4.74 Å². The number of hydrogen-bond donors (Lipinski definition) is 0. The van der Waals surface area contributed by atoms with Crippen LogP contribution in [0.1, 0.15) is 22.2 Å². The Morgan fingerprint density at radius 1 is 1.28 bits per heavy atom. The van der Waals surface area contributed by atoms with Gasteiger partial charge in [-0.15, -0.1) is 0 Å². The average molecular weight is 255 g/mol. The lowest BCUT2D eigenvalue weighted by Crippen LogP contribution is -2.10. The minimum absolute atomic E-state index is 0.160. The Morgan fingerprint density at radius 2 is 1.89 bits per heavy atom. The molecule has 7 heteroatoms. The molecule has 98 valence electrons. The van der Waals surface area contributed by atoms with E-state index in [9.17, 15) is 14.9 Å². The number of carbonyl (C=O) groups is 1. The first-order chi connectivity index (χ1) is 8.54. The van der Waals surface area contributed by atoms with Gasteiger partial charge < -0.3 is 14.2 Å². The molecule has 0 aromatic heterocycles. The second-order valence-electron chi connectivity index (χ2n) is 3.33.